The second-order valence-electron chi connectivity index (χ2n) is 7.47. The average Bonchev–Trinajstić information content (AvgIpc) is 2.59. The molecule has 8 heteroatoms. The number of benzene rings is 1. The highest BCUT2D eigenvalue weighted by Gasteiger charge is 2.38. The van der Waals surface area contributed by atoms with Crippen LogP contribution in [0, 0.1) is 5.92 Å². The molecule has 1 fully saturated rings. The minimum Gasteiger partial charge on any atom is -0.481 e. The average molecular weight is 378 g/mol. The molecule has 0 saturated carbocycles. The third-order valence-corrected chi connectivity index (χ3v) is 4.10. The van der Waals surface area contributed by atoms with E-state index >= 15 is 0 Å². The SMILES string of the molecule is CC(C)(C)OC(=O)N1CC[C@@H](NC(=O)OCc2ccccc2)[C@@H](C(=O)O)C1. The summed E-state index contributed by atoms with van der Waals surface area (Å²) in [6.45, 7) is 5.60. The fourth-order valence-corrected chi connectivity index (χ4v) is 2.78. The molecule has 2 amide bonds. The third-order valence-electron chi connectivity index (χ3n) is 4.10. The molecule has 1 aromatic carbocycles. The molecule has 1 aliphatic rings. The standard InChI is InChI=1S/C19H26N2O6/c1-19(2,3)27-18(25)21-10-9-15(14(11-21)16(22)23)20-17(24)26-12-13-7-5-4-6-8-13/h4-8,14-15H,9-12H2,1-3H3,(H,20,24)(H,22,23)/t14-,15+/m0/s1. The third kappa shape index (κ3) is 6.47. The topological polar surface area (TPSA) is 105 Å². The zero-order valence-corrected chi connectivity index (χ0v) is 15.8. The Morgan fingerprint density at radius 3 is 2.48 bits per heavy atom. The van der Waals surface area contributed by atoms with Crippen molar-refractivity contribution in [1.82, 2.24) is 10.2 Å². The van der Waals surface area contributed by atoms with E-state index in [1.807, 2.05) is 30.3 Å². The summed E-state index contributed by atoms with van der Waals surface area (Å²) in [5.41, 5.74) is 0.175. The van der Waals surface area contributed by atoms with Crippen LogP contribution in [-0.4, -0.2) is 52.9 Å². The smallest absolute Gasteiger partial charge is 0.410 e. The summed E-state index contributed by atoms with van der Waals surface area (Å²) in [6, 6.07) is 8.57. The molecule has 1 saturated heterocycles. The van der Waals surface area contributed by atoms with E-state index in [9.17, 15) is 19.5 Å². The summed E-state index contributed by atoms with van der Waals surface area (Å²) in [6.07, 6.45) is -0.934. The lowest BCUT2D eigenvalue weighted by Crippen LogP contribution is -2.55. The molecule has 0 spiro atoms. The number of aliphatic carboxylic acids is 1. The van der Waals surface area contributed by atoms with Crippen LogP contribution in [0.1, 0.15) is 32.8 Å². The van der Waals surface area contributed by atoms with Crippen LogP contribution < -0.4 is 5.32 Å². The Labute approximate surface area is 158 Å². The Kier molecular flexibility index (Phi) is 6.65. The van der Waals surface area contributed by atoms with E-state index in [4.69, 9.17) is 9.47 Å². The van der Waals surface area contributed by atoms with Gasteiger partial charge in [-0.2, -0.15) is 0 Å². The van der Waals surface area contributed by atoms with Crippen molar-refractivity contribution in [2.75, 3.05) is 13.1 Å². The number of carbonyl (C=O) groups excluding carboxylic acids is 2. The first-order chi connectivity index (χ1) is 12.7. The van der Waals surface area contributed by atoms with E-state index in [0.717, 1.165) is 5.56 Å². The molecule has 148 valence electrons. The van der Waals surface area contributed by atoms with Gasteiger partial charge in [0.15, 0.2) is 0 Å². The minimum absolute atomic E-state index is 0.0339. The second kappa shape index (κ2) is 8.75. The number of amides is 2. The number of piperidine rings is 1. The molecule has 0 aromatic heterocycles. The number of alkyl carbamates (subject to hydrolysis) is 1. The first-order valence-corrected chi connectivity index (χ1v) is 8.83. The van der Waals surface area contributed by atoms with Gasteiger partial charge in [0.05, 0.1) is 5.92 Å². The van der Waals surface area contributed by atoms with Crippen LogP contribution in [0.15, 0.2) is 30.3 Å². The molecule has 1 heterocycles. The van der Waals surface area contributed by atoms with Gasteiger partial charge in [-0.1, -0.05) is 30.3 Å². The van der Waals surface area contributed by atoms with E-state index in [-0.39, 0.29) is 13.2 Å². The van der Waals surface area contributed by atoms with Crippen molar-refractivity contribution in [1.29, 1.82) is 0 Å². The van der Waals surface area contributed by atoms with Crippen molar-refractivity contribution < 1.29 is 29.0 Å². The highest BCUT2D eigenvalue weighted by Crippen LogP contribution is 2.20. The molecule has 1 aliphatic heterocycles. The highest BCUT2D eigenvalue weighted by atomic mass is 16.6. The summed E-state index contributed by atoms with van der Waals surface area (Å²) >= 11 is 0. The number of nitrogens with zero attached hydrogens (tertiary/aromatic N) is 1. The van der Waals surface area contributed by atoms with E-state index in [1.165, 1.54) is 4.90 Å². The van der Waals surface area contributed by atoms with E-state index in [0.29, 0.717) is 13.0 Å². The van der Waals surface area contributed by atoms with E-state index in [1.54, 1.807) is 20.8 Å². The number of nitrogens with one attached hydrogen (secondary N) is 1. The van der Waals surface area contributed by atoms with Crippen LogP contribution in [-0.2, 0) is 20.9 Å². The highest BCUT2D eigenvalue weighted by molar-refractivity contribution is 5.76. The Morgan fingerprint density at radius 1 is 1.22 bits per heavy atom. The number of hydrogen-bond acceptors (Lipinski definition) is 5. The summed E-state index contributed by atoms with van der Waals surface area (Å²) in [7, 11) is 0. The number of likely N-dealkylation sites (tertiary alicyclic amines) is 1. The van der Waals surface area contributed by atoms with E-state index < -0.39 is 35.7 Å². The normalized spacial score (nSPS) is 19.9. The molecular weight excluding hydrogens is 352 g/mol. The van der Waals surface area contributed by atoms with Crippen LogP contribution in [0.25, 0.3) is 0 Å². The molecule has 1 aromatic rings. The van der Waals surface area contributed by atoms with Gasteiger partial charge in [0, 0.05) is 19.1 Å². The number of carboxylic acid groups (broad SMARTS) is 1. The van der Waals surface area contributed by atoms with Gasteiger partial charge in [0.25, 0.3) is 0 Å². The van der Waals surface area contributed by atoms with Crippen molar-refractivity contribution >= 4 is 18.2 Å². The number of carbonyl (C=O) groups is 3. The molecule has 0 unspecified atom stereocenters. The molecular formula is C19H26N2O6. The van der Waals surface area contributed by atoms with Crippen molar-refractivity contribution in [2.45, 2.75) is 45.4 Å². The maximum absolute atomic E-state index is 12.2. The van der Waals surface area contributed by atoms with Crippen LogP contribution in [0.3, 0.4) is 0 Å². The maximum atomic E-state index is 12.2. The molecule has 0 aliphatic carbocycles. The van der Waals surface area contributed by atoms with Crippen LogP contribution in [0.5, 0.6) is 0 Å². The van der Waals surface area contributed by atoms with Gasteiger partial charge in [-0.15, -0.1) is 0 Å². The molecule has 0 radical (unpaired) electrons. The van der Waals surface area contributed by atoms with Gasteiger partial charge in [-0.3, -0.25) is 4.79 Å². The molecule has 8 nitrogen and oxygen atoms in total. The minimum atomic E-state index is -1.09. The Bertz CT molecular complexity index is 671. The maximum Gasteiger partial charge on any atom is 0.410 e. The molecule has 27 heavy (non-hydrogen) atoms. The van der Waals surface area contributed by atoms with Gasteiger partial charge in [-0.05, 0) is 32.8 Å². The molecule has 2 atom stereocenters. The lowest BCUT2D eigenvalue weighted by atomic mass is 9.92. The van der Waals surface area contributed by atoms with Crippen LogP contribution in [0.4, 0.5) is 9.59 Å². The lowest BCUT2D eigenvalue weighted by Gasteiger charge is -2.37. The molecule has 2 N–H and O–H groups in total. The van der Waals surface area contributed by atoms with Crippen molar-refractivity contribution in [3.63, 3.8) is 0 Å². The van der Waals surface area contributed by atoms with Crippen LogP contribution >= 0.6 is 0 Å². The predicted molar refractivity (Wildman–Crippen MR) is 97.1 cm³/mol. The number of carboxylic acids is 1. The summed E-state index contributed by atoms with van der Waals surface area (Å²) in [5, 5.41) is 12.1. The summed E-state index contributed by atoms with van der Waals surface area (Å²) in [4.78, 5) is 37.2. The first-order valence-electron chi connectivity index (χ1n) is 8.83. The summed E-state index contributed by atoms with van der Waals surface area (Å²) in [5.74, 6) is -2.02. The fraction of sp³-hybridized carbons (Fsp3) is 0.526. The molecule has 0 bridgehead atoms. The number of rotatable bonds is 4. The predicted octanol–water partition coefficient (Wildman–Crippen LogP) is 2.62. The van der Waals surface area contributed by atoms with Crippen LogP contribution in [0.2, 0.25) is 0 Å². The fourth-order valence-electron chi connectivity index (χ4n) is 2.78. The van der Waals surface area contributed by atoms with Gasteiger partial charge in [0.2, 0.25) is 0 Å². The zero-order chi connectivity index (χ0) is 20.0. The van der Waals surface area contributed by atoms with Crippen molar-refractivity contribution in [2.24, 2.45) is 5.92 Å². The Hall–Kier alpha value is -2.77. The van der Waals surface area contributed by atoms with Crippen molar-refractivity contribution in [3.8, 4) is 0 Å². The molecule has 2 rings (SSSR count). The number of ether oxygens (including phenoxy) is 2. The second-order valence-corrected chi connectivity index (χ2v) is 7.47. The van der Waals surface area contributed by atoms with Gasteiger partial charge in [-0.25, -0.2) is 9.59 Å². The van der Waals surface area contributed by atoms with Gasteiger partial charge < -0.3 is 24.8 Å². The summed E-state index contributed by atoms with van der Waals surface area (Å²) < 4.78 is 10.4. The van der Waals surface area contributed by atoms with E-state index in [2.05, 4.69) is 5.32 Å². The van der Waals surface area contributed by atoms with Crippen molar-refractivity contribution in [3.05, 3.63) is 35.9 Å². The number of hydrogen-bond donors (Lipinski definition) is 2. The zero-order valence-electron chi connectivity index (χ0n) is 15.8. The largest absolute Gasteiger partial charge is 0.481 e. The Morgan fingerprint density at radius 2 is 1.89 bits per heavy atom. The quantitative estimate of drug-likeness (QED) is 0.834. The Balaban J connectivity index is 1.90. The van der Waals surface area contributed by atoms with Gasteiger partial charge >= 0.3 is 18.2 Å². The van der Waals surface area contributed by atoms with Gasteiger partial charge in [0.1, 0.15) is 12.2 Å². The monoisotopic (exact) mass is 378 g/mol. The lowest BCUT2D eigenvalue weighted by molar-refractivity contribution is -0.144. The first kappa shape index (κ1) is 20.5.